The van der Waals surface area contributed by atoms with Gasteiger partial charge in [0.1, 0.15) is 0 Å². The van der Waals surface area contributed by atoms with Crippen LogP contribution in [0.1, 0.15) is 31.4 Å². The second-order valence-corrected chi connectivity index (χ2v) is 7.97. The minimum Gasteiger partial charge on any atom is -0.493 e. The Balaban J connectivity index is 1.54. The Labute approximate surface area is 191 Å². The molecule has 1 heterocycles. The van der Waals surface area contributed by atoms with E-state index < -0.39 is 0 Å². The summed E-state index contributed by atoms with van der Waals surface area (Å²) in [4.78, 5) is 27.9. The van der Waals surface area contributed by atoms with Crippen LogP contribution < -0.4 is 20.1 Å². The number of hydrogen-bond acceptors (Lipinski definition) is 6. The molecular weight excluding hydrogens is 426 g/mol. The van der Waals surface area contributed by atoms with Crippen molar-refractivity contribution in [3.63, 3.8) is 0 Å². The number of hydrogen-bond donors (Lipinski definition) is 2. The molecule has 0 unspecified atom stereocenters. The number of methoxy groups -OCH3 is 1. The molecule has 32 heavy (non-hydrogen) atoms. The first-order valence-electron chi connectivity index (χ1n) is 10.4. The number of thiazole rings is 1. The summed E-state index contributed by atoms with van der Waals surface area (Å²) in [5, 5.41) is 8.12. The summed E-state index contributed by atoms with van der Waals surface area (Å²) in [5.74, 6) is 1.21. The van der Waals surface area contributed by atoms with Gasteiger partial charge in [-0.3, -0.25) is 9.59 Å². The number of nitrogens with zero attached hydrogens (tertiary/aromatic N) is 1. The van der Waals surface area contributed by atoms with E-state index in [4.69, 9.17) is 9.47 Å². The molecule has 7 nitrogen and oxygen atoms in total. The molecule has 3 rings (SSSR count). The summed E-state index contributed by atoms with van der Waals surface area (Å²) < 4.78 is 10.9. The van der Waals surface area contributed by atoms with E-state index in [9.17, 15) is 9.59 Å². The maximum atomic E-state index is 12.4. The molecule has 0 spiro atoms. The molecule has 0 atom stereocenters. The van der Waals surface area contributed by atoms with Crippen LogP contribution in [0.3, 0.4) is 0 Å². The van der Waals surface area contributed by atoms with Crippen LogP contribution in [0.4, 0.5) is 5.13 Å². The van der Waals surface area contributed by atoms with Crippen molar-refractivity contribution in [2.75, 3.05) is 19.0 Å². The topological polar surface area (TPSA) is 89.5 Å². The Morgan fingerprint density at radius 2 is 1.81 bits per heavy atom. The molecule has 2 amide bonds. The van der Waals surface area contributed by atoms with Gasteiger partial charge in [-0.2, -0.15) is 0 Å². The molecule has 0 aliphatic heterocycles. The van der Waals surface area contributed by atoms with Gasteiger partial charge in [-0.1, -0.05) is 30.3 Å². The molecule has 2 N–H and O–H groups in total. The number of rotatable bonds is 10. The van der Waals surface area contributed by atoms with Crippen LogP contribution in [0.25, 0.3) is 11.3 Å². The molecule has 1 aromatic heterocycles. The fourth-order valence-electron chi connectivity index (χ4n) is 3.07. The third kappa shape index (κ3) is 6.55. The van der Waals surface area contributed by atoms with Crippen molar-refractivity contribution in [1.29, 1.82) is 0 Å². The highest BCUT2D eigenvalue weighted by Crippen LogP contribution is 2.29. The van der Waals surface area contributed by atoms with Gasteiger partial charge >= 0.3 is 0 Å². The fourth-order valence-corrected chi connectivity index (χ4v) is 3.80. The largest absolute Gasteiger partial charge is 0.493 e. The maximum Gasteiger partial charge on any atom is 0.226 e. The lowest BCUT2D eigenvalue weighted by Gasteiger charge is -2.10. The number of carbonyl (C=O) groups excluding carboxylic acids is 2. The Hall–Kier alpha value is -3.39. The SMILES string of the molecule is CCOc1ccc(CCC(=O)Nc2nc(-c3ccc(CNC(C)=O)cc3)cs2)cc1OC. The molecule has 0 aliphatic carbocycles. The smallest absolute Gasteiger partial charge is 0.226 e. The van der Waals surface area contributed by atoms with E-state index in [0.717, 1.165) is 22.4 Å². The van der Waals surface area contributed by atoms with Crippen molar-refractivity contribution >= 4 is 28.3 Å². The van der Waals surface area contributed by atoms with Crippen LogP contribution in [0, 0.1) is 0 Å². The maximum absolute atomic E-state index is 12.4. The van der Waals surface area contributed by atoms with Crippen LogP contribution >= 0.6 is 11.3 Å². The van der Waals surface area contributed by atoms with Gasteiger partial charge in [-0.05, 0) is 36.6 Å². The predicted octanol–water partition coefficient (Wildman–Crippen LogP) is 4.42. The number of ether oxygens (including phenoxy) is 2. The van der Waals surface area contributed by atoms with Gasteiger partial charge in [-0.15, -0.1) is 11.3 Å². The highest BCUT2D eigenvalue weighted by Gasteiger charge is 2.10. The van der Waals surface area contributed by atoms with Crippen LogP contribution in [-0.2, 0) is 22.6 Å². The van der Waals surface area contributed by atoms with E-state index in [0.29, 0.717) is 42.6 Å². The minimum atomic E-state index is -0.0931. The monoisotopic (exact) mass is 453 g/mol. The zero-order chi connectivity index (χ0) is 22.9. The first-order valence-corrected chi connectivity index (χ1v) is 11.2. The summed E-state index contributed by atoms with van der Waals surface area (Å²) in [6.45, 7) is 4.48. The summed E-state index contributed by atoms with van der Waals surface area (Å²) in [5.41, 5.74) is 3.76. The van der Waals surface area contributed by atoms with Gasteiger partial charge < -0.3 is 20.1 Å². The first kappa shape index (κ1) is 23.3. The second-order valence-electron chi connectivity index (χ2n) is 7.11. The third-order valence-corrected chi connectivity index (χ3v) is 5.47. The van der Waals surface area contributed by atoms with Crippen molar-refractivity contribution in [3.8, 4) is 22.8 Å². The number of benzene rings is 2. The van der Waals surface area contributed by atoms with E-state index in [1.165, 1.54) is 18.3 Å². The zero-order valence-corrected chi connectivity index (χ0v) is 19.3. The van der Waals surface area contributed by atoms with Crippen molar-refractivity contribution in [1.82, 2.24) is 10.3 Å². The van der Waals surface area contributed by atoms with E-state index in [1.54, 1.807) is 7.11 Å². The molecule has 168 valence electrons. The molecular formula is C24H27N3O4S. The number of carbonyl (C=O) groups is 2. The van der Waals surface area contributed by atoms with Crippen molar-refractivity contribution in [2.45, 2.75) is 33.2 Å². The normalized spacial score (nSPS) is 10.5. The summed E-state index contributed by atoms with van der Waals surface area (Å²) in [6.07, 6.45) is 0.923. The summed E-state index contributed by atoms with van der Waals surface area (Å²) in [6, 6.07) is 13.5. The lowest BCUT2D eigenvalue weighted by Crippen LogP contribution is -2.18. The number of amides is 2. The molecule has 2 aromatic carbocycles. The molecule has 0 saturated heterocycles. The molecule has 3 aromatic rings. The minimum absolute atomic E-state index is 0.0596. The fraction of sp³-hybridized carbons (Fsp3) is 0.292. The third-order valence-electron chi connectivity index (χ3n) is 4.71. The van der Waals surface area contributed by atoms with E-state index >= 15 is 0 Å². The van der Waals surface area contributed by atoms with Gasteiger partial charge in [0.15, 0.2) is 16.6 Å². The molecule has 8 heteroatoms. The van der Waals surface area contributed by atoms with Gasteiger partial charge in [0.25, 0.3) is 0 Å². The lowest BCUT2D eigenvalue weighted by atomic mass is 10.1. The van der Waals surface area contributed by atoms with Crippen molar-refractivity contribution in [2.24, 2.45) is 0 Å². The van der Waals surface area contributed by atoms with E-state index in [2.05, 4.69) is 15.6 Å². The average molecular weight is 454 g/mol. The standard InChI is InChI=1S/C24H27N3O4S/c1-4-31-21-11-7-17(13-22(21)30-3)8-12-23(29)27-24-26-20(15-32-24)19-9-5-18(6-10-19)14-25-16(2)28/h5-7,9-11,13,15H,4,8,12,14H2,1-3H3,(H,25,28)(H,26,27,29). The number of aryl methyl sites for hydroxylation is 1. The number of nitrogens with one attached hydrogen (secondary N) is 2. The molecule has 0 aliphatic rings. The Morgan fingerprint density at radius 1 is 1.06 bits per heavy atom. The Morgan fingerprint density at radius 3 is 2.50 bits per heavy atom. The molecule has 0 bridgehead atoms. The summed E-state index contributed by atoms with van der Waals surface area (Å²) >= 11 is 1.39. The van der Waals surface area contributed by atoms with Gasteiger partial charge in [0.2, 0.25) is 11.8 Å². The van der Waals surface area contributed by atoms with Gasteiger partial charge in [0, 0.05) is 30.8 Å². The molecule has 0 radical (unpaired) electrons. The average Bonchev–Trinajstić information content (AvgIpc) is 3.25. The van der Waals surface area contributed by atoms with Crippen molar-refractivity contribution < 1.29 is 19.1 Å². The molecule has 0 saturated carbocycles. The van der Waals surface area contributed by atoms with Crippen molar-refractivity contribution in [3.05, 3.63) is 59.0 Å². The van der Waals surface area contributed by atoms with Gasteiger partial charge in [-0.25, -0.2) is 4.98 Å². The number of anilines is 1. The second kappa shape index (κ2) is 11.3. The van der Waals surface area contributed by atoms with E-state index in [1.807, 2.05) is 54.8 Å². The van der Waals surface area contributed by atoms with Crippen LogP contribution in [0.2, 0.25) is 0 Å². The quantitative estimate of drug-likeness (QED) is 0.474. The molecule has 0 fully saturated rings. The van der Waals surface area contributed by atoms with Crippen LogP contribution in [0.5, 0.6) is 11.5 Å². The predicted molar refractivity (Wildman–Crippen MR) is 126 cm³/mol. The lowest BCUT2D eigenvalue weighted by molar-refractivity contribution is -0.119. The Bertz CT molecular complexity index is 1060. The zero-order valence-electron chi connectivity index (χ0n) is 18.4. The van der Waals surface area contributed by atoms with Gasteiger partial charge in [0.05, 0.1) is 19.4 Å². The Kier molecular flexibility index (Phi) is 8.21. The number of aromatic nitrogens is 1. The highest BCUT2D eigenvalue weighted by atomic mass is 32.1. The van der Waals surface area contributed by atoms with Crippen LogP contribution in [-0.4, -0.2) is 30.5 Å². The van der Waals surface area contributed by atoms with Crippen LogP contribution in [0.15, 0.2) is 47.8 Å². The summed E-state index contributed by atoms with van der Waals surface area (Å²) in [7, 11) is 1.60. The first-order chi connectivity index (χ1) is 15.5. The highest BCUT2D eigenvalue weighted by molar-refractivity contribution is 7.14. The van der Waals surface area contributed by atoms with E-state index in [-0.39, 0.29) is 11.8 Å².